The van der Waals surface area contributed by atoms with E-state index in [1.165, 1.54) is 6.07 Å². The molecule has 0 atom stereocenters. The highest BCUT2D eigenvalue weighted by molar-refractivity contribution is 5.79. The third kappa shape index (κ3) is 4.65. The fourth-order valence-corrected chi connectivity index (χ4v) is 3.44. The van der Waals surface area contributed by atoms with E-state index in [-0.39, 0.29) is 18.1 Å². The Morgan fingerprint density at radius 2 is 1.83 bits per heavy atom. The van der Waals surface area contributed by atoms with Crippen molar-refractivity contribution < 1.29 is 18.4 Å². The van der Waals surface area contributed by atoms with Crippen LogP contribution in [0.5, 0.6) is 5.75 Å². The Kier molecular flexibility index (Phi) is 6.04. The van der Waals surface area contributed by atoms with Crippen molar-refractivity contribution in [1.29, 1.82) is 0 Å². The van der Waals surface area contributed by atoms with E-state index in [0.29, 0.717) is 50.0 Å². The van der Waals surface area contributed by atoms with Gasteiger partial charge in [-0.15, -0.1) is 0 Å². The zero-order valence-corrected chi connectivity index (χ0v) is 16.8. The van der Waals surface area contributed by atoms with E-state index in [1.807, 2.05) is 24.3 Å². The lowest BCUT2D eigenvalue weighted by Gasteiger charge is -2.34. The van der Waals surface area contributed by atoms with E-state index in [0.717, 1.165) is 11.3 Å². The molecule has 1 amide bonds. The molecule has 7 nitrogen and oxygen atoms in total. The van der Waals surface area contributed by atoms with Crippen molar-refractivity contribution in [3.05, 3.63) is 65.8 Å². The number of halogens is 1. The van der Waals surface area contributed by atoms with Gasteiger partial charge in [0.05, 0.1) is 20.1 Å². The Morgan fingerprint density at radius 3 is 2.53 bits per heavy atom. The zero-order valence-electron chi connectivity index (χ0n) is 16.8. The first-order chi connectivity index (χ1) is 14.6. The smallest absolute Gasteiger partial charge is 0.241 e. The van der Waals surface area contributed by atoms with Gasteiger partial charge in [0.2, 0.25) is 17.6 Å². The van der Waals surface area contributed by atoms with Crippen molar-refractivity contribution in [3.63, 3.8) is 0 Å². The number of benzene rings is 2. The van der Waals surface area contributed by atoms with E-state index in [4.69, 9.17) is 9.26 Å². The number of methoxy groups -OCH3 is 1. The normalized spacial score (nSPS) is 14.7. The lowest BCUT2D eigenvalue weighted by Crippen LogP contribution is -2.48. The second-order valence-corrected chi connectivity index (χ2v) is 7.17. The summed E-state index contributed by atoms with van der Waals surface area (Å²) in [4.78, 5) is 20.9. The predicted octanol–water partition coefficient (Wildman–Crippen LogP) is 2.77. The van der Waals surface area contributed by atoms with Crippen LogP contribution in [0.15, 0.2) is 53.1 Å². The van der Waals surface area contributed by atoms with Gasteiger partial charge >= 0.3 is 0 Å². The first-order valence-electron chi connectivity index (χ1n) is 9.83. The molecule has 0 spiro atoms. The first-order valence-corrected chi connectivity index (χ1v) is 9.83. The van der Waals surface area contributed by atoms with Crippen LogP contribution in [0.4, 0.5) is 4.39 Å². The number of carbonyl (C=O) groups excluding carboxylic acids is 1. The largest absolute Gasteiger partial charge is 0.497 e. The van der Waals surface area contributed by atoms with Gasteiger partial charge in [-0.3, -0.25) is 9.69 Å². The van der Waals surface area contributed by atoms with Crippen molar-refractivity contribution in [2.24, 2.45) is 0 Å². The highest BCUT2D eigenvalue weighted by atomic mass is 19.1. The van der Waals surface area contributed by atoms with Crippen LogP contribution < -0.4 is 4.74 Å². The maximum Gasteiger partial charge on any atom is 0.241 e. The van der Waals surface area contributed by atoms with Crippen LogP contribution >= 0.6 is 0 Å². The molecule has 0 bridgehead atoms. The fraction of sp³-hybridized carbons (Fsp3) is 0.318. The number of hydrogen-bond donors (Lipinski definition) is 0. The summed E-state index contributed by atoms with van der Waals surface area (Å²) in [7, 11) is 1.62. The quantitative estimate of drug-likeness (QED) is 0.622. The average molecular weight is 410 g/mol. The Morgan fingerprint density at radius 1 is 1.10 bits per heavy atom. The molecule has 1 aromatic heterocycles. The number of amides is 1. The number of piperazine rings is 1. The molecule has 8 heteroatoms. The summed E-state index contributed by atoms with van der Waals surface area (Å²) in [6, 6.07) is 13.9. The van der Waals surface area contributed by atoms with Crippen molar-refractivity contribution in [3.8, 4) is 17.1 Å². The molecule has 2 aromatic carbocycles. The molecule has 0 aliphatic carbocycles. The van der Waals surface area contributed by atoms with Gasteiger partial charge in [-0.05, 0) is 35.9 Å². The molecule has 1 aliphatic heterocycles. The van der Waals surface area contributed by atoms with E-state index >= 15 is 0 Å². The maximum absolute atomic E-state index is 13.8. The molecule has 30 heavy (non-hydrogen) atoms. The summed E-state index contributed by atoms with van der Waals surface area (Å²) < 4.78 is 24.3. The van der Waals surface area contributed by atoms with Crippen LogP contribution in [-0.2, 0) is 17.8 Å². The lowest BCUT2D eigenvalue weighted by atomic mass is 10.1. The summed E-state index contributed by atoms with van der Waals surface area (Å²) in [5, 5.41) is 4.05. The van der Waals surface area contributed by atoms with Crippen LogP contribution in [0, 0.1) is 5.82 Å². The van der Waals surface area contributed by atoms with E-state index < -0.39 is 0 Å². The molecule has 4 rings (SSSR count). The lowest BCUT2D eigenvalue weighted by molar-refractivity contribution is -0.132. The molecule has 0 radical (unpaired) electrons. The van der Waals surface area contributed by atoms with Crippen LogP contribution in [0.25, 0.3) is 11.4 Å². The molecule has 0 saturated carbocycles. The van der Waals surface area contributed by atoms with Crippen molar-refractivity contribution in [2.75, 3.05) is 33.3 Å². The Hall–Kier alpha value is -3.26. The summed E-state index contributed by atoms with van der Waals surface area (Å²) in [5.74, 6) is 1.44. The van der Waals surface area contributed by atoms with Crippen molar-refractivity contribution >= 4 is 5.91 Å². The fourth-order valence-electron chi connectivity index (χ4n) is 3.44. The molecule has 0 N–H and O–H groups in total. The van der Waals surface area contributed by atoms with Crippen LogP contribution in [-0.4, -0.2) is 59.1 Å². The molecule has 1 aliphatic rings. The summed E-state index contributed by atoms with van der Waals surface area (Å²) in [6.07, 6.45) is 0.0849. The molecule has 1 saturated heterocycles. The van der Waals surface area contributed by atoms with Gasteiger partial charge in [-0.1, -0.05) is 23.4 Å². The van der Waals surface area contributed by atoms with Gasteiger partial charge < -0.3 is 14.2 Å². The molecule has 3 aromatic rings. The second-order valence-electron chi connectivity index (χ2n) is 7.17. The maximum atomic E-state index is 13.8. The van der Waals surface area contributed by atoms with E-state index in [9.17, 15) is 9.18 Å². The van der Waals surface area contributed by atoms with Crippen LogP contribution in [0.3, 0.4) is 0 Å². The van der Waals surface area contributed by atoms with Crippen molar-refractivity contribution in [2.45, 2.75) is 13.0 Å². The standard InChI is InChI=1S/C22H23FN4O3/c1-29-18-8-6-16(7-9-18)22-24-20(30-25-22)15-26-10-12-27(13-11-26)21(28)14-17-4-2-3-5-19(17)23/h2-9H,10-15H2,1H3. The minimum atomic E-state index is -0.339. The van der Waals surface area contributed by atoms with Gasteiger partial charge in [-0.25, -0.2) is 4.39 Å². The summed E-state index contributed by atoms with van der Waals surface area (Å²) >= 11 is 0. The SMILES string of the molecule is COc1ccc(-c2noc(CN3CCN(C(=O)Cc4ccccc4F)CC3)n2)cc1. The van der Waals surface area contributed by atoms with Crippen LogP contribution in [0.2, 0.25) is 0 Å². The number of hydrogen-bond acceptors (Lipinski definition) is 6. The Bertz CT molecular complexity index is 998. The third-order valence-corrected chi connectivity index (χ3v) is 5.20. The molecular formula is C22H23FN4O3. The number of carbonyl (C=O) groups is 1. The Labute approximate surface area is 174 Å². The van der Waals surface area contributed by atoms with Gasteiger partial charge in [0.25, 0.3) is 0 Å². The van der Waals surface area contributed by atoms with Gasteiger partial charge in [0, 0.05) is 31.7 Å². The highest BCUT2D eigenvalue weighted by Crippen LogP contribution is 2.20. The summed E-state index contributed by atoms with van der Waals surface area (Å²) in [6.45, 7) is 3.10. The second kappa shape index (κ2) is 9.04. The number of rotatable bonds is 6. The van der Waals surface area contributed by atoms with Crippen molar-refractivity contribution in [1.82, 2.24) is 19.9 Å². The van der Waals surface area contributed by atoms with Gasteiger partial charge in [0.15, 0.2) is 0 Å². The highest BCUT2D eigenvalue weighted by Gasteiger charge is 2.23. The van der Waals surface area contributed by atoms with Gasteiger partial charge in [0.1, 0.15) is 11.6 Å². The van der Waals surface area contributed by atoms with E-state index in [2.05, 4.69) is 15.0 Å². The van der Waals surface area contributed by atoms with E-state index in [1.54, 1.807) is 30.2 Å². The minimum absolute atomic E-state index is 0.0562. The molecule has 0 unspecified atom stereocenters. The third-order valence-electron chi connectivity index (χ3n) is 5.20. The number of nitrogens with zero attached hydrogens (tertiary/aromatic N) is 4. The molecule has 156 valence electrons. The molecule has 1 fully saturated rings. The Balaban J connectivity index is 1.29. The first kappa shape index (κ1) is 20.0. The zero-order chi connectivity index (χ0) is 20.9. The topological polar surface area (TPSA) is 71.7 Å². The number of aromatic nitrogens is 2. The number of ether oxygens (including phenoxy) is 1. The van der Waals surface area contributed by atoms with Gasteiger partial charge in [-0.2, -0.15) is 4.98 Å². The predicted molar refractivity (Wildman–Crippen MR) is 108 cm³/mol. The monoisotopic (exact) mass is 410 g/mol. The average Bonchev–Trinajstić information content (AvgIpc) is 3.24. The summed E-state index contributed by atoms with van der Waals surface area (Å²) in [5.41, 5.74) is 1.29. The molecule has 2 heterocycles. The minimum Gasteiger partial charge on any atom is -0.497 e. The van der Waals surface area contributed by atoms with Crippen LogP contribution in [0.1, 0.15) is 11.5 Å². The molecular weight excluding hydrogens is 387 g/mol.